The first-order valence-corrected chi connectivity index (χ1v) is 17.4. The molecular formula is C49H33N. The van der Waals surface area contributed by atoms with E-state index < -0.39 is 5.41 Å². The first-order chi connectivity index (χ1) is 24.8. The molecule has 0 N–H and O–H groups in total. The molecule has 50 heavy (non-hydrogen) atoms. The molecule has 2 aliphatic carbocycles. The van der Waals surface area contributed by atoms with E-state index in [1.54, 1.807) is 0 Å². The van der Waals surface area contributed by atoms with E-state index in [1.807, 2.05) is 0 Å². The second-order valence-corrected chi connectivity index (χ2v) is 13.3. The minimum absolute atomic E-state index is 0.470. The fourth-order valence-electron chi connectivity index (χ4n) is 8.66. The van der Waals surface area contributed by atoms with E-state index in [0.717, 1.165) is 11.4 Å². The lowest BCUT2D eigenvalue weighted by Crippen LogP contribution is -2.28. The number of hydrogen-bond acceptors (Lipinski definition) is 1. The van der Waals surface area contributed by atoms with E-state index in [2.05, 4.69) is 205 Å². The van der Waals surface area contributed by atoms with Crippen LogP contribution in [-0.2, 0) is 5.41 Å². The zero-order chi connectivity index (χ0) is 33.1. The summed E-state index contributed by atoms with van der Waals surface area (Å²) in [5.74, 6) is 0. The fourth-order valence-corrected chi connectivity index (χ4v) is 8.66. The van der Waals surface area contributed by atoms with E-state index in [4.69, 9.17) is 0 Å². The van der Waals surface area contributed by atoms with Crippen molar-refractivity contribution in [3.63, 3.8) is 0 Å². The predicted octanol–water partition coefficient (Wildman–Crippen LogP) is 12.8. The van der Waals surface area contributed by atoms with Crippen LogP contribution in [-0.4, -0.2) is 0 Å². The van der Waals surface area contributed by atoms with E-state index >= 15 is 0 Å². The van der Waals surface area contributed by atoms with Crippen molar-refractivity contribution >= 4 is 17.1 Å². The van der Waals surface area contributed by atoms with Crippen LogP contribution in [0, 0.1) is 0 Å². The topological polar surface area (TPSA) is 3.24 Å². The third kappa shape index (κ3) is 4.14. The van der Waals surface area contributed by atoms with Crippen molar-refractivity contribution in [1.29, 1.82) is 0 Å². The molecule has 234 valence electrons. The molecule has 2 aliphatic rings. The van der Waals surface area contributed by atoms with Crippen LogP contribution in [0.25, 0.3) is 44.5 Å². The second-order valence-electron chi connectivity index (χ2n) is 13.3. The number of fused-ring (bicyclic) bond motifs is 10. The zero-order valence-electron chi connectivity index (χ0n) is 27.5. The van der Waals surface area contributed by atoms with Gasteiger partial charge in [0.2, 0.25) is 0 Å². The van der Waals surface area contributed by atoms with Gasteiger partial charge in [0.1, 0.15) is 0 Å². The molecule has 0 saturated carbocycles. The summed E-state index contributed by atoms with van der Waals surface area (Å²) in [6.07, 6.45) is 0. The van der Waals surface area contributed by atoms with Gasteiger partial charge in [-0.05, 0) is 91.5 Å². The quantitative estimate of drug-likeness (QED) is 0.182. The molecule has 1 nitrogen and oxygen atoms in total. The minimum Gasteiger partial charge on any atom is -0.310 e. The smallest absolute Gasteiger partial charge is 0.0746 e. The Balaban J connectivity index is 1.30. The normalized spacial score (nSPS) is 13.0. The summed E-state index contributed by atoms with van der Waals surface area (Å²) in [5, 5.41) is 0. The molecule has 0 fully saturated rings. The standard InChI is InChI=1S/C49H33N/c1-3-16-34(17-4-1)36-20-13-22-38(32-36)50(39-23-14-21-37(33-39)35-18-5-2-6-19-35)47-31-15-27-43-42-26-9-12-30-46(42)49(48(43)47)44-28-10-7-24-40(44)41-25-8-11-29-45(41)49/h1-33H. The molecule has 0 aliphatic heterocycles. The first-order valence-electron chi connectivity index (χ1n) is 17.4. The van der Waals surface area contributed by atoms with E-state index in [1.165, 1.54) is 72.4 Å². The molecule has 1 heteroatoms. The molecule has 0 unspecified atom stereocenters. The van der Waals surface area contributed by atoms with Crippen LogP contribution in [0.3, 0.4) is 0 Å². The van der Waals surface area contributed by atoms with Crippen LogP contribution in [0.15, 0.2) is 200 Å². The molecule has 0 atom stereocenters. The van der Waals surface area contributed by atoms with Crippen LogP contribution < -0.4 is 4.90 Å². The minimum atomic E-state index is -0.470. The van der Waals surface area contributed by atoms with Gasteiger partial charge >= 0.3 is 0 Å². The molecule has 0 radical (unpaired) electrons. The maximum absolute atomic E-state index is 2.49. The van der Waals surface area contributed by atoms with Crippen molar-refractivity contribution in [3.05, 3.63) is 222 Å². The molecule has 0 amide bonds. The summed E-state index contributed by atoms with van der Waals surface area (Å²) in [7, 11) is 0. The molecule has 0 heterocycles. The number of rotatable bonds is 5. The number of anilines is 3. The van der Waals surface area contributed by atoms with Gasteiger partial charge in [0.05, 0.1) is 11.1 Å². The van der Waals surface area contributed by atoms with Gasteiger partial charge < -0.3 is 4.90 Å². The monoisotopic (exact) mass is 635 g/mol. The third-order valence-corrected chi connectivity index (χ3v) is 10.7. The summed E-state index contributed by atoms with van der Waals surface area (Å²) in [6.45, 7) is 0. The van der Waals surface area contributed by atoms with E-state index in [-0.39, 0.29) is 0 Å². The van der Waals surface area contributed by atoms with Gasteiger partial charge in [-0.25, -0.2) is 0 Å². The SMILES string of the molecule is c1ccc(-c2cccc(N(c3cccc(-c4ccccc4)c3)c3cccc4c3C3(c5ccccc5-c5ccccc53)c3ccccc3-4)c2)cc1. The molecular weight excluding hydrogens is 603 g/mol. The van der Waals surface area contributed by atoms with E-state index in [0.29, 0.717) is 0 Å². The van der Waals surface area contributed by atoms with Crippen molar-refractivity contribution < 1.29 is 0 Å². The zero-order valence-corrected chi connectivity index (χ0v) is 27.5. The maximum atomic E-state index is 2.49. The van der Waals surface area contributed by atoms with Crippen LogP contribution in [0.1, 0.15) is 22.3 Å². The first kappa shape index (κ1) is 28.6. The van der Waals surface area contributed by atoms with Crippen LogP contribution in [0.4, 0.5) is 17.1 Å². The number of nitrogens with zero attached hydrogens (tertiary/aromatic N) is 1. The van der Waals surface area contributed by atoms with Gasteiger partial charge in [0, 0.05) is 16.9 Å². The summed E-state index contributed by atoms with van der Waals surface area (Å²) < 4.78 is 0. The van der Waals surface area contributed by atoms with Crippen molar-refractivity contribution in [3.8, 4) is 44.5 Å². The highest BCUT2D eigenvalue weighted by atomic mass is 15.1. The highest BCUT2D eigenvalue weighted by molar-refractivity contribution is 6.00. The Morgan fingerprint density at radius 3 is 1.18 bits per heavy atom. The molecule has 8 aromatic rings. The Morgan fingerprint density at radius 1 is 0.300 bits per heavy atom. The fraction of sp³-hybridized carbons (Fsp3) is 0.0204. The molecule has 0 bridgehead atoms. The third-order valence-electron chi connectivity index (χ3n) is 10.7. The van der Waals surface area contributed by atoms with Crippen LogP contribution in [0.2, 0.25) is 0 Å². The van der Waals surface area contributed by atoms with Crippen molar-refractivity contribution in [1.82, 2.24) is 0 Å². The lowest BCUT2D eigenvalue weighted by atomic mass is 9.70. The summed E-state index contributed by atoms with van der Waals surface area (Å²) >= 11 is 0. The lowest BCUT2D eigenvalue weighted by Gasteiger charge is -2.36. The van der Waals surface area contributed by atoms with Crippen LogP contribution >= 0.6 is 0 Å². The summed E-state index contributed by atoms with van der Waals surface area (Å²) in [4.78, 5) is 2.49. The summed E-state index contributed by atoms with van der Waals surface area (Å²) in [6, 6.07) is 73.5. The van der Waals surface area contributed by atoms with Crippen molar-refractivity contribution in [2.24, 2.45) is 0 Å². The van der Waals surface area contributed by atoms with E-state index in [9.17, 15) is 0 Å². The van der Waals surface area contributed by atoms with Gasteiger partial charge in [-0.15, -0.1) is 0 Å². The Morgan fingerprint density at radius 2 is 0.680 bits per heavy atom. The summed E-state index contributed by atoms with van der Waals surface area (Å²) in [5.41, 5.74) is 18.3. The molecule has 1 spiro atoms. The van der Waals surface area contributed by atoms with Gasteiger partial charge in [-0.1, -0.05) is 170 Å². The van der Waals surface area contributed by atoms with Gasteiger partial charge in [0.25, 0.3) is 0 Å². The van der Waals surface area contributed by atoms with Gasteiger partial charge in [0.15, 0.2) is 0 Å². The highest BCUT2D eigenvalue weighted by Crippen LogP contribution is 2.65. The Bertz CT molecular complexity index is 2400. The highest BCUT2D eigenvalue weighted by Gasteiger charge is 2.53. The number of benzene rings is 8. The molecule has 0 saturated heterocycles. The van der Waals surface area contributed by atoms with Crippen molar-refractivity contribution in [2.75, 3.05) is 4.90 Å². The molecule has 10 rings (SSSR count). The van der Waals surface area contributed by atoms with Gasteiger partial charge in [-0.2, -0.15) is 0 Å². The van der Waals surface area contributed by atoms with Crippen LogP contribution in [0.5, 0.6) is 0 Å². The Kier molecular flexibility index (Phi) is 6.47. The van der Waals surface area contributed by atoms with Gasteiger partial charge in [-0.3, -0.25) is 0 Å². The Labute approximate surface area is 293 Å². The second kappa shape index (κ2) is 11.3. The largest absolute Gasteiger partial charge is 0.310 e. The maximum Gasteiger partial charge on any atom is 0.0746 e. The molecule has 0 aromatic heterocycles. The molecule has 8 aromatic carbocycles. The Hall–Kier alpha value is -6.44. The number of hydrogen-bond donors (Lipinski definition) is 0. The lowest BCUT2D eigenvalue weighted by molar-refractivity contribution is 0.793. The van der Waals surface area contributed by atoms with Crippen molar-refractivity contribution in [2.45, 2.75) is 5.41 Å². The predicted molar refractivity (Wildman–Crippen MR) is 208 cm³/mol. The average Bonchev–Trinajstić information content (AvgIpc) is 3.67. The average molecular weight is 636 g/mol.